The van der Waals surface area contributed by atoms with E-state index >= 15 is 0 Å². The van der Waals surface area contributed by atoms with E-state index < -0.39 is 22.8 Å². The monoisotopic (exact) mass is 202 g/mol. The fraction of sp³-hybridized carbons (Fsp3) is 0.800. The third kappa shape index (κ3) is 1.61. The topological polar surface area (TPSA) is 74.6 Å². The number of hydrogen-bond acceptors (Lipinski definition) is 2. The first-order chi connectivity index (χ1) is 6.26. The molecule has 0 unspecified atom stereocenters. The van der Waals surface area contributed by atoms with E-state index in [4.69, 9.17) is 10.2 Å². The van der Waals surface area contributed by atoms with Gasteiger partial charge in [-0.3, -0.25) is 9.59 Å². The smallest absolute Gasteiger partial charge is 0.321 e. The van der Waals surface area contributed by atoms with E-state index in [0.717, 1.165) is 0 Å². The van der Waals surface area contributed by atoms with Crippen molar-refractivity contribution in [2.24, 2.45) is 10.8 Å². The van der Waals surface area contributed by atoms with Crippen molar-refractivity contribution in [2.45, 2.75) is 40.5 Å². The summed E-state index contributed by atoms with van der Waals surface area (Å²) in [7, 11) is 0. The van der Waals surface area contributed by atoms with Gasteiger partial charge < -0.3 is 10.2 Å². The van der Waals surface area contributed by atoms with Crippen LogP contribution in [0.2, 0.25) is 0 Å². The first-order valence-electron chi connectivity index (χ1n) is 4.73. The van der Waals surface area contributed by atoms with Crippen molar-refractivity contribution in [3.63, 3.8) is 0 Å². The molecule has 0 aromatic rings. The van der Waals surface area contributed by atoms with Crippen molar-refractivity contribution in [3.05, 3.63) is 0 Å². The highest BCUT2D eigenvalue weighted by Crippen LogP contribution is 2.44. The van der Waals surface area contributed by atoms with E-state index in [9.17, 15) is 9.59 Å². The molecule has 0 heterocycles. The van der Waals surface area contributed by atoms with Gasteiger partial charge in [0.2, 0.25) is 0 Å². The van der Waals surface area contributed by atoms with Crippen LogP contribution in [0.3, 0.4) is 0 Å². The number of hydrogen-bond donors (Lipinski definition) is 2. The largest absolute Gasteiger partial charge is 0.480 e. The maximum atomic E-state index is 11.1. The lowest BCUT2D eigenvalue weighted by molar-refractivity contribution is -0.175. The third-order valence-electron chi connectivity index (χ3n) is 3.30. The molecule has 0 fully saturated rings. The minimum absolute atomic E-state index is 0.0957. The quantitative estimate of drug-likeness (QED) is 0.668. The van der Waals surface area contributed by atoms with Gasteiger partial charge in [0.25, 0.3) is 0 Å². The second-order valence-corrected chi connectivity index (χ2v) is 4.11. The average molecular weight is 202 g/mol. The normalized spacial score (nSPS) is 12.6. The van der Waals surface area contributed by atoms with Crippen LogP contribution in [0.4, 0.5) is 0 Å². The molecule has 0 amide bonds. The molecule has 4 nitrogen and oxygen atoms in total. The van der Waals surface area contributed by atoms with Crippen molar-refractivity contribution in [2.75, 3.05) is 0 Å². The van der Waals surface area contributed by atoms with E-state index in [1.165, 1.54) is 0 Å². The molecule has 4 heteroatoms. The Morgan fingerprint density at radius 1 is 1.00 bits per heavy atom. The van der Waals surface area contributed by atoms with Gasteiger partial charge in [0.15, 0.2) is 5.41 Å². The van der Waals surface area contributed by atoms with Crippen LogP contribution < -0.4 is 0 Å². The Balaban J connectivity index is 5.48. The molecule has 2 N–H and O–H groups in total. The summed E-state index contributed by atoms with van der Waals surface area (Å²) in [6.07, 6.45) is 0.609. The number of carbonyl (C=O) groups is 2. The van der Waals surface area contributed by atoms with Crippen molar-refractivity contribution in [1.29, 1.82) is 0 Å². The summed E-state index contributed by atoms with van der Waals surface area (Å²) in [5.74, 6) is -2.50. The summed E-state index contributed by atoms with van der Waals surface area (Å²) in [4.78, 5) is 22.2. The Labute approximate surface area is 83.9 Å². The van der Waals surface area contributed by atoms with Crippen LogP contribution in [0.5, 0.6) is 0 Å². The highest BCUT2D eigenvalue weighted by molar-refractivity contribution is 5.99. The van der Waals surface area contributed by atoms with E-state index in [0.29, 0.717) is 6.42 Å². The summed E-state index contributed by atoms with van der Waals surface area (Å²) < 4.78 is 0. The zero-order chi connectivity index (χ0) is 11.6. The SMILES string of the molecule is CCC(C)(C)C(CC)(C(=O)O)C(=O)O. The van der Waals surface area contributed by atoms with Gasteiger partial charge in [-0.05, 0) is 18.3 Å². The summed E-state index contributed by atoms with van der Waals surface area (Å²) in [5, 5.41) is 18.2. The summed E-state index contributed by atoms with van der Waals surface area (Å²) >= 11 is 0. The maximum Gasteiger partial charge on any atom is 0.321 e. The Kier molecular flexibility index (Phi) is 3.68. The number of aliphatic carboxylic acids is 2. The molecular weight excluding hydrogens is 184 g/mol. The lowest BCUT2D eigenvalue weighted by Crippen LogP contribution is -2.50. The summed E-state index contributed by atoms with van der Waals surface area (Å²) in [5.41, 5.74) is -2.43. The predicted molar refractivity (Wildman–Crippen MR) is 52.1 cm³/mol. The Morgan fingerprint density at radius 2 is 1.36 bits per heavy atom. The summed E-state index contributed by atoms with van der Waals surface area (Å²) in [6, 6.07) is 0. The van der Waals surface area contributed by atoms with E-state index in [2.05, 4.69) is 0 Å². The molecule has 0 aromatic carbocycles. The summed E-state index contributed by atoms with van der Waals surface area (Å²) in [6.45, 7) is 6.76. The molecule has 0 saturated heterocycles. The van der Waals surface area contributed by atoms with Crippen LogP contribution in [0, 0.1) is 10.8 Å². The minimum atomic E-state index is -1.68. The lowest BCUT2D eigenvalue weighted by atomic mass is 9.62. The molecule has 0 aliphatic heterocycles. The van der Waals surface area contributed by atoms with E-state index in [-0.39, 0.29) is 6.42 Å². The molecule has 0 spiro atoms. The van der Waals surface area contributed by atoms with Crippen molar-refractivity contribution >= 4 is 11.9 Å². The predicted octanol–water partition coefficient (Wildman–Crippen LogP) is 1.99. The number of rotatable bonds is 5. The van der Waals surface area contributed by atoms with Gasteiger partial charge in [-0.15, -0.1) is 0 Å². The maximum absolute atomic E-state index is 11.1. The van der Waals surface area contributed by atoms with Gasteiger partial charge in [0, 0.05) is 0 Å². The highest BCUT2D eigenvalue weighted by atomic mass is 16.4. The van der Waals surface area contributed by atoms with E-state index in [1.54, 1.807) is 27.7 Å². The Bertz CT molecular complexity index is 229. The molecule has 0 rings (SSSR count). The molecule has 0 aromatic heterocycles. The fourth-order valence-electron chi connectivity index (χ4n) is 1.75. The second kappa shape index (κ2) is 3.98. The van der Waals surface area contributed by atoms with Gasteiger partial charge in [0.1, 0.15) is 0 Å². The molecule has 0 aliphatic carbocycles. The molecule has 0 saturated carbocycles. The van der Waals surface area contributed by atoms with Crippen molar-refractivity contribution in [3.8, 4) is 0 Å². The van der Waals surface area contributed by atoms with Crippen LogP contribution >= 0.6 is 0 Å². The number of carboxylic acids is 2. The fourth-order valence-corrected chi connectivity index (χ4v) is 1.75. The first-order valence-corrected chi connectivity index (χ1v) is 4.73. The lowest BCUT2D eigenvalue weighted by Gasteiger charge is -2.38. The molecule has 82 valence electrons. The van der Waals surface area contributed by atoms with Crippen molar-refractivity contribution in [1.82, 2.24) is 0 Å². The molecule has 14 heavy (non-hydrogen) atoms. The molecular formula is C10H18O4. The molecule has 0 radical (unpaired) electrons. The second-order valence-electron chi connectivity index (χ2n) is 4.11. The molecule has 0 aliphatic rings. The minimum Gasteiger partial charge on any atom is -0.480 e. The average Bonchev–Trinajstić information content (AvgIpc) is 2.04. The Hall–Kier alpha value is -1.06. The highest BCUT2D eigenvalue weighted by Gasteiger charge is 2.55. The van der Waals surface area contributed by atoms with Crippen LogP contribution in [0.1, 0.15) is 40.5 Å². The molecule has 0 atom stereocenters. The zero-order valence-corrected chi connectivity index (χ0v) is 9.13. The van der Waals surface area contributed by atoms with Crippen LogP contribution in [-0.2, 0) is 9.59 Å². The zero-order valence-electron chi connectivity index (χ0n) is 9.13. The van der Waals surface area contributed by atoms with Gasteiger partial charge in [-0.2, -0.15) is 0 Å². The van der Waals surface area contributed by atoms with E-state index in [1.807, 2.05) is 0 Å². The van der Waals surface area contributed by atoms with Crippen LogP contribution in [0.15, 0.2) is 0 Å². The van der Waals surface area contributed by atoms with Gasteiger partial charge >= 0.3 is 11.9 Å². The van der Waals surface area contributed by atoms with Gasteiger partial charge in [0.05, 0.1) is 0 Å². The third-order valence-corrected chi connectivity index (χ3v) is 3.30. The Morgan fingerprint density at radius 3 is 1.43 bits per heavy atom. The van der Waals surface area contributed by atoms with Crippen LogP contribution in [-0.4, -0.2) is 22.2 Å². The van der Waals surface area contributed by atoms with Gasteiger partial charge in [-0.25, -0.2) is 0 Å². The standard InChI is InChI=1S/C10H18O4/c1-5-9(3,4)10(6-2,7(11)12)8(13)14/h5-6H2,1-4H3,(H,11,12)(H,13,14). The van der Waals surface area contributed by atoms with Crippen molar-refractivity contribution < 1.29 is 19.8 Å². The first kappa shape index (κ1) is 12.9. The number of carboxylic acid groups (broad SMARTS) is 2. The van der Waals surface area contributed by atoms with Crippen LogP contribution in [0.25, 0.3) is 0 Å². The van der Waals surface area contributed by atoms with Gasteiger partial charge in [-0.1, -0.05) is 27.7 Å². The molecule has 0 bridgehead atoms.